The van der Waals surface area contributed by atoms with Gasteiger partial charge in [0.25, 0.3) is 5.91 Å². The third kappa shape index (κ3) is 4.92. The Hall–Kier alpha value is -2.27. The number of thioether (sulfide) groups is 1. The van der Waals surface area contributed by atoms with Crippen molar-refractivity contribution < 1.29 is 9.59 Å². The van der Waals surface area contributed by atoms with Crippen molar-refractivity contribution in [2.24, 2.45) is 0 Å². The van der Waals surface area contributed by atoms with Crippen LogP contribution in [-0.2, 0) is 24.2 Å². The van der Waals surface area contributed by atoms with E-state index in [0.717, 1.165) is 29.7 Å². The van der Waals surface area contributed by atoms with Gasteiger partial charge in [0.2, 0.25) is 5.91 Å². The molecule has 0 heterocycles. The molecule has 2 aliphatic carbocycles. The molecule has 4 rings (SSSR count). The zero-order chi connectivity index (χ0) is 18.6. The Morgan fingerprint density at radius 1 is 1.00 bits per heavy atom. The second-order valence-electron chi connectivity index (χ2n) is 7.29. The minimum atomic E-state index is -0.0150. The number of hydrogen-bond acceptors (Lipinski definition) is 3. The zero-order valence-electron chi connectivity index (χ0n) is 15.3. The number of hydrogen-bond donors (Lipinski definition) is 2. The van der Waals surface area contributed by atoms with E-state index in [4.69, 9.17) is 0 Å². The van der Waals surface area contributed by atoms with Gasteiger partial charge in [-0.15, -0.1) is 11.8 Å². The number of rotatable bonds is 7. The van der Waals surface area contributed by atoms with Gasteiger partial charge in [0.1, 0.15) is 0 Å². The van der Waals surface area contributed by atoms with Crippen molar-refractivity contribution in [3.63, 3.8) is 0 Å². The minimum Gasteiger partial charge on any atom is -0.351 e. The van der Waals surface area contributed by atoms with Gasteiger partial charge in [-0.3, -0.25) is 9.59 Å². The van der Waals surface area contributed by atoms with E-state index in [1.54, 1.807) is 11.8 Å². The van der Waals surface area contributed by atoms with Crippen LogP contribution in [0.15, 0.2) is 47.4 Å². The van der Waals surface area contributed by atoms with Gasteiger partial charge >= 0.3 is 0 Å². The van der Waals surface area contributed by atoms with E-state index in [1.165, 1.54) is 24.0 Å². The average Bonchev–Trinajstić information content (AvgIpc) is 3.38. The Labute approximate surface area is 164 Å². The number of carbonyl (C=O) groups is 2. The summed E-state index contributed by atoms with van der Waals surface area (Å²) in [6.45, 7) is 0.480. The van der Waals surface area contributed by atoms with Gasteiger partial charge in [0.05, 0.1) is 5.75 Å². The van der Waals surface area contributed by atoms with Gasteiger partial charge in [-0.25, -0.2) is 0 Å². The molecule has 27 heavy (non-hydrogen) atoms. The highest BCUT2D eigenvalue weighted by Crippen LogP contribution is 2.27. The fourth-order valence-corrected chi connectivity index (χ4v) is 4.10. The molecule has 0 radical (unpaired) electrons. The van der Waals surface area contributed by atoms with E-state index in [9.17, 15) is 9.59 Å². The van der Waals surface area contributed by atoms with E-state index >= 15 is 0 Å². The summed E-state index contributed by atoms with van der Waals surface area (Å²) < 4.78 is 0. The summed E-state index contributed by atoms with van der Waals surface area (Å²) >= 11 is 1.58. The molecule has 2 amide bonds. The lowest BCUT2D eigenvalue weighted by Crippen LogP contribution is -2.26. The maximum Gasteiger partial charge on any atom is 0.251 e. The molecule has 140 valence electrons. The lowest BCUT2D eigenvalue weighted by atomic mass is 10.1. The molecule has 0 aromatic heterocycles. The summed E-state index contributed by atoms with van der Waals surface area (Å²) in [7, 11) is 0. The van der Waals surface area contributed by atoms with E-state index < -0.39 is 0 Å². The maximum absolute atomic E-state index is 12.1. The highest BCUT2D eigenvalue weighted by molar-refractivity contribution is 8.00. The first-order valence-corrected chi connectivity index (χ1v) is 10.6. The van der Waals surface area contributed by atoms with Gasteiger partial charge < -0.3 is 10.6 Å². The van der Waals surface area contributed by atoms with Crippen molar-refractivity contribution in [2.75, 3.05) is 5.75 Å². The Bertz CT molecular complexity index is 844. The topological polar surface area (TPSA) is 58.2 Å². The molecule has 0 bridgehead atoms. The van der Waals surface area contributed by atoms with Crippen LogP contribution in [0, 0.1) is 0 Å². The highest BCUT2D eigenvalue weighted by Gasteiger charge is 2.23. The second kappa shape index (κ2) is 8.17. The Balaban J connectivity index is 1.22. The molecule has 4 nitrogen and oxygen atoms in total. The van der Waals surface area contributed by atoms with Crippen molar-refractivity contribution in [1.82, 2.24) is 10.6 Å². The first-order valence-electron chi connectivity index (χ1n) is 9.58. The van der Waals surface area contributed by atoms with Gasteiger partial charge in [-0.2, -0.15) is 0 Å². The molecular weight excluding hydrogens is 356 g/mol. The van der Waals surface area contributed by atoms with Crippen LogP contribution in [0.25, 0.3) is 0 Å². The molecular formula is C22H24N2O2S. The maximum atomic E-state index is 12.1. The first-order chi connectivity index (χ1) is 13.2. The standard InChI is InChI=1S/C22H24N2O2S/c25-21(14-27-20-11-8-16-2-1-3-18(16)12-20)23-13-15-4-6-17(7-5-15)22(26)24-19-9-10-19/h4-8,11-12,19H,1-3,9-10,13-14H2,(H,23,25)(H,24,26). The third-order valence-electron chi connectivity index (χ3n) is 5.06. The van der Waals surface area contributed by atoms with Gasteiger partial charge in [0, 0.05) is 23.0 Å². The van der Waals surface area contributed by atoms with Crippen LogP contribution in [0.3, 0.4) is 0 Å². The predicted molar refractivity (Wildman–Crippen MR) is 108 cm³/mol. The van der Waals surface area contributed by atoms with Crippen LogP contribution in [0.4, 0.5) is 0 Å². The second-order valence-corrected chi connectivity index (χ2v) is 8.34. The van der Waals surface area contributed by atoms with Crippen LogP contribution in [0.1, 0.15) is 46.3 Å². The van der Waals surface area contributed by atoms with Crippen molar-refractivity contribution in [1.29, 1.82) is 0 Å². The SMILES string of the molecule is O=C(CSc1ccc2c(c1)CCC2)NCc1ccc(C(=O)NC2CC2)cc1. The number of carbonyl (C=O) groups excluding carboxylic acids is 2. The Morgan fingerprint density at radius 3 is 2.56 bits per heavy atom. The molecule has 2 aromatic carbocycles. The van der Waals surface area contributed by atoms with Crippen LogP contribution in [0.2, 0.25) is 0 Å². The van der Waals surface area contributed by atoms with E-state index in [1.807, 2.05) is 24.3 Å². The summed E-state index contributed by atoms with van der Waals surface area (Å²) in [5.41, 5.74) is 4.56. The predicted octanol–water partition coefficient (Wildman–Crippen LogP) is 3.48. The van der Waals surface area contributed by atoms with Gasteiger partial charge in [0.15, 0.2) is 0 Å². The monoisotopic (exact) mass is 380 g/mol. The fourth-order valence-electron chi connectivity index (χ4n) is 3.31. The van der Waals surface area contributed by atoms with Crippen molar-refractivity contribution in [2.45, 2.75) is 49.6 Å². The summed E-state index contributed by atoms with van der Waals surface area (Å²) in [6, 6.07) is 14.3. The van der Waals surface area contributed by atoms with E-state index in [2.05, 4.69) is 28.8 Å². The Morgan fingerprint density at radius 2 is 1.78 bits per heavy atom. The number of benzene rings is 2. The summed E-state index contributed by atoms with van der Waals surface area (Å²) in [4.78, 5) is 25.3. The largest absolute Gasteiger partial charge is 0.351 e. The average molecular weight is 381 g/mol. The molecule has 0 aliphatic heterocycles. The zero-order valence-corrected chi connectivity index (χ0v) is 16.1. The Kier molecular flexibility index (Phi) is 5.48. The first kappa shape index (κ1) is 18.1. The molecule has 0 spiro atoms. The van der Waals surface area contributed by atoms with Crippen LogP contribution in [0.5, 0.6) is 0 Å². The van der Waals surface area contributed by atoms with Crippen LogP contribution < -0.4 is 10.6 Å². The molecule has 2 N–H and O–H groups in total. The number of aryl methyl sites for hydroxylation is 2. The highest BCUT2D eigenvalue weighted by atomic mass is 32.2. The summed E-state index contributed by atoms with van der Waals surface area (Å²) in [5, 5.41) is 5.93. The molecule has 0 atom stereocenters. The van der Waals surface area contributed by atoms with Crippen molar-refractivity contribution in [3.8, 4) is 0 Å². The van der Waals surface area contributed by atoms with Crippen molar-refractivity contribution >= 4 is 23.6 Å². The minimum absolute atomic E-state index is 0.0150. The fraction of sp³-hybridized carbons (Fsp3) is 0.364. The lowest BCUT2D eigenvalue weighted by Gasteiger charge is -2.08. The number of nitrogens with one attached hydrogen (secondary N) is 2. The molecule has 0 unspecified atom stereocenters. The summed E-state index contributed by atoms with van der Waals surface area (Å²) in [6.07, 6.45) is 5.75. The third-order valence-corrected chi connectivity index (χ3v) is 6.05. The van der Waals surface area contributed by atoms with E-state index in [0.29, 0.717) is 23.9 Å². The molecule has 1 saturated carbocycles. The lowest BCUT2D eigenvalue weighted by molar-refractivity contribution is -0.118. The van der Waals surface area contributed by atoms with Crippen LogP contribution in [-0.4, -0.2) is 23.6 Å². The van der Waals surface area contributed by atoms with Gasteiger partial charge in [-0.1, -0.05) is 18.2 Å². The molecule has 2 aliphatic rings. The van der Waals surface area contributed by atoms with Gasteiger partial charge in [-0.05, 0) is 73.1 Å². The molecule has 0 saturated heterocycles. The number of fused-ring (bicyclic) bond motifs is 1. The normalized spacial score (nSPS) is 15.3. The summed E-state index contributed by atoms with van der Waals surface area (Å²) in [5.74, 6) is 0.426. The van der Waals surface area contributed by atoms with Crippen LogP contribution >= 0.6 is 11.8 Å². The smallest absolute Gasteiger partial charge is 0.251 e. The van der Waals surface area contributed by atoms with Crippen molar-refractivity contribution in [3.05, 3.63) is 64.7 Å². The number of amides is 2. The quantitative estimate of drug-likeness (QED) is 0.723. The molecule has 5 heteroatoms. The van der Waals surface area contributed by atoms with E-state index in [-0.39, 0.29) is 11.8 Å². The molecule has 1 fully saturated rings. The molecule has 2 aromatic rings.